The number of rotatable bonds is 11. The summed E-state index contributed by atoms with van der Waals surface area (Å²) in [6, 6.07) is 47.4. The van der Waals surface area contributed by atoms with Crippen molar-refractivity contribution in [1.82, 2.24) is 25.5 Å². The van der Waals surface area contributed by atoms with Gasteiger partial charge in [-0.15, -0.1) is 5.10 Å². The molecule has 11 nitrogen and oxygen atoms in total. The Morgan fingerprint density at radius 1 is 0.692 bits per heavy atom. The number of carboxylic acid groups (broad SMARTS) is 2. The summed E-state index contributed by atoms with van der Waals surface area (Å²) in [5.74, 6) is -3.14. The highest BCUT2D eigenvalue weighted by atomic mass is 16.5. The van der Waals surface area contributed by atoms with Crippen molar-refractivity contribution in [1.29, 1.82) is 0 Å². The number of hydrogen-bond donors (Lipinski definition) is 3. The van der Waals surface area contributed by atoms with E-state index in [0.717, 1.165) is 38.9 Å². The SMILES string of the molecule is COC(=O)[C@@H](NCc1ccc(-c2ccccc2-c2nnnn2C(c2ccccc2)(c2ccccc2)c2ccccc2)cc1)C(C)C.O=C(O)C(=O)O. The van der Waals surface area contributed by atoms with Crippen LogP contribution in [0.4, 0.5) is 0 Å². The lowest BCUT2D eigenvalue weighted by molar-refractivity contribution is -0.159. The third-order valence-electron chi connectivity index (χ3n) is 8.63. The number of benzene rings is 5. The fourth-order valence-electron chi connectivity index (χ4n) is 6.16. The van der Waals surface area contributed by atoms with Crippen molar-refractivity contribution < 1.29 is 29.3 Å². The van der Waals surface area contributed by atoms with Gasteiger partial charge < -0.3 is 20.3 Å². The van der Waals surface area contributed by atoms with Crippen LogP contribution in [0, 0.1) is 5.92 Å². The standard InChI is InChI=1S/C39H37N5O2.C2H2O4/c1-28(2)36(38(45)46-3)40-27-29-23-25-30(26-24-29)34-21-13-14-22-35(34)37-41-42-43-44(37)39(31-15-7-4-8-16-31,32-17-9-5-10-18-32)33-19-11-6-12-20-33;3-1(4)2(5)6/h4-26,28,36,40H,27H2,1-3H3;(H,3,4)(H,5,6)/t36-;/m0./s1. The summed E-state index contributed by atoms with van der Waals surface area (Å²) in [5, 5.41) is 31.8. The second-order valence-corrected chi connectivity index (χ2v) is 12.2. The van der Waals surface area contributed by atoms with Gasteiger partial charge in [-0.1, -0.05) is 153 Å². The average molecular weight is 698 g/mol. The van der Waals surface area contributed by atoms with Gasteiger partial charge in [0.25, 0.3) is 0 Å². The van der Waals surface area contributed by atoms with Gasteiger partial charge in [-0.05, 0) is 49.7 Å². The number of nitrogens with one attached hydrogen (secondary N) is 1. The van der Waals surface area contributed by atoms with Gasteiger partial charge >= 0.3 is 17.9 Å². The molecule has 264 valence electrons. The molecule has 3 N–H and O–H groups in total. The van der Waals surface area contributed by atoms with E-state index in [0.29, 0.717) is 12.4 Å². The molecule has 0 amide bonds. The Bertz CT molecular complexity index is 1980. The van der Waals surface area contributed by atoms with Crippen LogP contribution < -0.4 is 5.32 Å². The highest BCUT2D eigenvalue weighted by molar-refractivity contribution is 6.27. The predicted octanol–water partition coefficient (Wildman–Crippen LogP) is 6.29. The Balaban J connectivity index is 0.000000803. The van der Waals surface area contributed by atoms with Gasteiger partial charge in [-0.25, -0.2) is 14.3 Å². The Morgan fingerprint density at radius 2 is 1.15 bits per heavy atom. The van der Waals surface area contributed by atoms with Gasteiger partial charge in [-0.2, -0.15) is 0 Å². The van der Waals surface area contributed by atoms with Gasteiger partial charge in [0.2, 0.25) is 0 Å². The fourth-order valence-corrected chi connectivity index (χ4v) is 6.16. The predicted molar refractivity (Wildman–Crippen MR) is 196 cm³/mol. The van der Waals surface area contributed by atoms with E-state index in [1.54, 1.807) is 0 Å². The number of methoxy groups -OCH3 is 1. The quantitative estimate of drug-likeness (QED) is 0.0799. The summed E-state index contributed by atoms with van der Waals surface area (Å²) < 4.78 is 6.95. The summed E-state index contributed by atoms with van der Waals surface area (Å²) >= 11 is 0. The Labute approximate surface area is 301 Å². The van der Waals surface area contributed by atoms with Crippen LogP contribution in [-0.2, 0) is 31.2 Å². The Morgan fingerprint density at radius 3 is 1.60 bits per heavy atom. The molecule has 0 aliphatic heterocycles. The van der Waals surface area contributed by atoms with Crippen LogP contribution in [0.3, 0.4) is 0 Å². The first-order valence-corrected chi connectivity index (χ1v) is 16.6. The van der Waals surface area contributed by atoms with Crippen molar-refractivity contribution in [3.8, 4) is 22.5 Å². The zero-order valence-electron chi connectivity index (χ0n) is 29.0. The molecular weight excluding hydrogens is 658 g/mol. The van der Waals surface area contributed by atoms with Crippen LogP contribution in [0.25, 0.3) is 22.5 Å². The molecule has 1 heterocycles. The van der Waals surface area contributed by atoms with Crippen molar-refractivity contribution >= 4 is 17.9 Å². The molecule has 1 aromatic heterocycles. The lowest BCUT2D eigenvalue weighted by Gasteiger charge is -2.36. The van der Waals surface area contributed by atoms with Gasteiger partial charge in [-0.3, -0.25) is 4.79 Å². The van der Waals surface area contributed by atoms with Crippen molar-refractivity contribution in [2.75, 3.05) is 7.11 Å². The van der Waals surface area contributed by atoms with Crippen molar-refractivity contribution in [2.45, 2.75) is 32.0 Å². The molecule has 6 aromatic rings. The summed E-state index contributed by atoms with van der Waals surface area (Å²) in [5.41, 5.74) is 6.30. The molecule has 1 atom stereocenters. The van der Waals surface area contributed by atoms with Crippen LogP contribution in [0.1, 0.15) is 36.1 Å². The van der Waals surface area contributed by atoms with E-state index >= 15 is 0 Å². The molecule has 0 saturated carbocycles. The molecule has 0 fully saturated rings. The maximum Gasteiger partial charge on any atom is 0.414 e. The number of carboxylic acids is 2. The Hall–Kier alpha value is -6.46. The number of aromatic nitrogens is 4. The normalized spacial score (nSPS) is 11.6. The molecule has 11 heteroatoms. The summed E-state index contributed by atoms with van der Waals surface area (Å²) in [4.78, 5) is 30.4. The number of ether oxygens (including phenoxy) is 1. The smallest absolute Gasteiger partial charge is 0.414 e. The molecule has 0 aliphatic rings. The third kappa shape index (κ3) is 7.95. The highest BCUT2D eigenvalue weighted by Gasteiger charge is 2.42. The minimum Gasteiger partial charge on any atom is -0.473 e. The zero-order valence-corrected chi connectivity index (χ0v) is 29.0. The summed E-state index contributed by atoms with van der Waals surface area (Å²) in [6.07, 6.45) is 0. The number of esters is 1. The molecule has 5 aromatic carbocycles. The van der Waals surface area contributed by atoms with Crippen LogP contribution in [0.15, 0.2) is 140 Å². The van der Waals surface area contributed by atoms with Crippen LogP contribution in [0.2, 0.25) is 0 Å². The van der Waals surface area contributed by atoms with Crippen LogP contribution in [0.5, 0.6) is 0 Å². The number of nitrogens with zero attached hydrogens (tertiary/aromatic N) is 4. The maximum absolute atomic E-state index is 12.2. The molecule has 0 aliphatic carbocycles. The number of carbonyl (C=O) groups excluding carboxylic acids is 1. The summed E-state index contributed by atoms with van der Waals surface area (Å²) in [6.45, 7) is 4.56. The monoisotopic (exact) mass is 697 g/mol. The molecule has 0 unspecified atom stereocenters. The molecule has 0 bridgehead atoms. The lowest BCUT2D eigenvalue weighted by Crippen LogP contribution is -2.41. The van der Waals surface area contributed by atoms with E-state index in [4.69, 9.17) is 29.8 Å². The molecule has 6 rings (SSSR count). The van der Waals surface area contributed by atoms with Crippen LogP contribution >= 0.6 is 0 Å². The maximum atomic E-state index is 12.2. The van der Waals surface area contributed by atoms with Crippen molar-refractivity contribution in [2.24, 2.45) is 5.92 Å². The number of carbonyl (C=O) groups is 3. The van der Waals surface area contributed by atoms with Crippen molar-refractivity contribution in [3.63, 3.8) is 0 Å². The van der Waals surface area contributed by atoms with E-state index in [2.05, 4.69) is 125 Å². The molecular formula is C41H39N5O6. The Kier molecular flexibility index (Phi) is 12.0. The number of hydrogen-bond acceptors (Lipinski definition) is 8. The van der Waals surface area contributed by atoms with Crippen molar-refractivity contribution in [3.05, 3.63) is 162 Å². The van der Waals surface area contributed by atoms with Gasteiger partial charge in [0, 0.05) is 12.1 Å². The number of tetrazole rings is 1. The minimum absolute atomic E-state index is 0.110. The largest absolute Gasteiger partial charge is 0.473 e. The second kappa shape index (κ2) is 17.0. The first-order chi connectivity index (χ1) is 25.2. The lowest BCUT2D eigenvalue weighted by atomic mass is 9.77. The first-order valence-electron chi connectivity index (χ1n) is 16.6. The number of aliphatic carboxylic acids is 2. The van der Waals surface area contributed by atoms with Gasteiger partial charge in [0.05, 0.1) is 7.11 Å². The van der Waals surface area contributed by atoms with E-state index in [1.165, 1.54) is 7.11 Å². The van der Waals surface area contributed by atoms with E-state index < -0.39 is 17.5 Å². The molecule has 0 spiro atoms. The highest BCUT2D eigenvalue weighted by Crippen LogP contribution is 2.43. The molecule has 0 saturated heterocycles. The zero-order chi connectivity index (χ0) is 37.1. The topological polar surface area (TPSA) is 157 Å². The minimum atomic E-state index is -1.82. The summed E-state index contributed by atoms with van der Waals surface area (Å²) in [7, 11) is 1.42. The third-order valence-corrected chi connectivity index (χ3v) is 8.63. The molecule has 0 radical (unpaired) electrons. The van der Waals surface area contributed by atoms with Gasteiger partial charge in [0.15, 0.2) is 5.82 Å². The molecule has 52 heavy (non-hydrogen) atoms. The van der Waals surface area contributed by atoms with E-state index in [1.807, 2.05) is 48.9 Å². The average Bonchev–Trinajstić information content (AvgIpc) is 3.67. The van der Waals surface area contributed by atoms with Gasteiger partial charge in [0.1, 0.15) is 11.6 Å². The fraction of sp³-hybridized carbons (Fsp3) is 0.171. The van der Waals surface area contributed by atoms with E-state index in [-0.39, 0.29) is 17.9 Å². The first kappa shape index (κ1) is 36.8. The van der Waals surface area contributed by atoms with E-state index in [9.17, 15) is 4.79 Å². The van der Waals surface area contributed by atoms with Crippen LogP contribution in [-0.4, -0.2) is 61.5 Å². The second-order valence-electron chi connectivity index (χ2n) is 12.2.